The first-order valence-corrected chi connectivity index (χ1v) is 6.07. The molecule has 0 spiro atoms. The van der Waals surface area contributed by atoms with Gasteiger partial charge in [0.05, 0.1) is 25.1 Å². The van der Waals surface area contributed by atoms with Crippen LogP contribution in [0.25, 0.3) is 0 Å². The van der Waals surface area contributed by atoms with Crippen molar-refractivity contribution in [2.45, 2.75) is 33.7 Å². The van der Waals surface area contributed by atoms with Gasteiger partial charge in [0.25, 0.3) is 0 Å². The zero-order valence-electron chi connectivity index (χ0n) is 11.7. The summed E-state index contributed by atoms with van der Waals surface area (Å²) in [4.78, 5) is 30.1. The van der Waals surface area contributed by atoms with Gasteiger partial charge >= 0.3 is 12.1 Å². The standard InChI is InChI=1S/C12H22N2O4/c1-9-8-13(11(16)17-5)6-7-14(9)18-10(15)12(2,3)4/h9H,6-8H2,1-5H3. The summed E-state index contributed by atoms with van der Waals surface area (Å²) >= 11 is 0. The molecule has 0 aromatic carbocycles. The van der Waals surface area contributed by atoms with E-state index in [-0.39, 0.29) is 18.1 Å². The van der Waals surface area contributed by atoms with Crippen molar-refractivity contribution < 1.29 is 19.2 Å². The predicted molar refractivity (Wildman–Crippen MR) is 65.7 cm³/mol. The summed E-state index contributed by atoms with van der Waals surface area (Å²) in [5.41, 5.74) is -0.529. The highest BCUT2D eigenvalue weighted by Crippen LogP contribution is 2.19. The molecule has 104 valence electrons. The van der Waals surface area contributed by atoms with Crippen LogP contribution in [0.2, 0.25) is 0 Å². The number of piperazine rings is 1. The minimum atomic E-state index is -0.529. The average molecular weight is 258 g/mol. The molecule has 1 atom stereocenters. The number of nitrogens with zero attached hydrogens (tertiary/aromatic N) is 2. The summed E-state index contributed by atoms with van der Waals surface area (Å²) in [6.07, 6.45) is -0.344. The molecule has 1 unspecified atom stereocenters. The Hall–Kier alpha value is -1.30. The van der Waals surface area contributed by atoms with Crippen LogP contribution < -0.4 is 0 Å². The Morgan fingerprint density at radius 1 is 1.22 bits per heavy atom. The summed E-state index contributed by atoms with van der Waals surface area (Å²) in [5, 5.41) is 1.63. The molecular weight excluding hydrogens is 236 g/mol. The Morgan fingerprint density at radius 2 is 1.83 bits per heavy atom. The largest absolute Gasteiger partial charge is 0.453 e. The van der Waals surface area contributed by atoms with Crippen LogP contribution in [0.4, 0.5) is 4.79 Å². The number of hydrogen-bond acceptors (Lipinski definition) is 5. The molecule has 1 heterocycles. The quantitative estimate of drug-likeness (QED) is 0.708. The first kappa shape index (κ1) is 14.8. The molecule has 6 nitrogen and oxygen atoms in total. The van der Waals surface area contributed by atoms with E-state index in [4.69, 9.17) is 4.84 Å². The summed E-state index contributed by atoms with van der Waals surface area (Å²) in [6, 6.07) is -0.0378. The van der Waals surface area contributed by atoms with Crippen LogP contribution in [0.5, 0.6) is 0 Å². The third-order valence-corrected chi connectivity index (χ3v) is 2.81. The third-order valence-electron chi connectivity index (χ3n) is 2.81. The first-order chi connectivity index (χ1) is 8.25. The number of hydroxylamine groups is 2. The van der Waals surface area contributed by atoms with Gasteiger partial charge < -0.3 is 14.5 Å². The van der Waals surface area contributed by atoms with Crippen molar-refractivity contribution in [1.29, 1.82) is 0 Å². The molecule has 0 N–H and O–H groups in total. The van der Waals surface area contributed by atoms with Gasteiger partial charge in [0.2, 0.25) is 0 Å². The SMILES string of the molecule is COC(=O)N1CCN(OC(=O)C(C)(C)C)C(C)C1. The number of carbonyl (C=O) groups is 2. The first-order valence-electron chi connectivity index (χ1n) is 6.07. The average Bonchev–Trinajstić information content (AvgIpc) is 2.29. The molecule has 0 radical (unpaired) electrons. The molecule has 6 heteroatoms. The second-order valence-electron chi connectivity index (χ2n) is 5.53. The fourth-order valence-corrected chi connectivity index (χ4v) is 1.61. The summed E-state index contributed by atoms with van der Waals surface area (Å²) in [6.45, 7) is 8.82. The smallest absolute Gasteiger partial charge is 0.409 e. The Morgan fingerprint density at radius 3 is 2.28 bits per heavy atom. The van der Waals surface area contributed by atoms with Crippen LogP contribution in [0.3, 0.4) is 0 Å². The van der Waals surface area contributed by atoms with Gasteiger partial charge in [-0.05, 0) is 27.7 Å². The highest BCUT2D eigenvalue weighted by atomic mass is 16.7. The maximum Gasteiger partial charge on any atom is 0.409 e. The van der Waals surface area contributed by atoms with Crippen molar-refractivity contribution in [3.05, 3.63) is 0 Å². The van der Waals surface area contributed by atoms with Crippen LogP contribution in [-0.4, -0.2) is 54.8 Å². The van der Waals surface area contributed by atoms with Crippen molar-refractivity contribution >= 4 is 12.1 Å². The molecule has 1 saturated heterocycles. The van der Waals surface area contributed by atoms with E-state index in [1.807, 2.05) is 27.7 Å². The lowest BCUT2D eigenvalue weighted by Gasteiger charge is -2.38. The van der Waals surface area contributed by atoms with Gasteiger partial charge in [-0.25, -0.2) is 9.59 Å². The molecule has 0 aromatic heterocycles. The minimum Gasteiger partial charge on any atom is -0.453 e. The Bertz CT molecular complexity index is 325. The lowest BCUT2D eigenvalue weighted by molar-refractivity contribution is -0.217. The fourth-order valence-electron chi connectivity index (χ4n) is 1.61. The van der Waals surface area contributed by atoms with Gasteiger partial charge in [-0.3, -0.25) is 0 Å². The van der Waals surface area contributed by atoms with E-state index in [1.54, 1.807) is 9.96 Å². The van der Waals surface area contributed by atoms with Crippen LogP contribution in [0, 0.1) is 5.41 Å². The maximum atomic E-state index is 11.8. The van der Waals surface area contributed by atoms with Crippen molar-refractivity contribution in [3.63, 3.8) is 0 Å². The van der Waals surface area contributed by atoms with E-state index in [1.165, 1.54) is 7.11 Å². The van der Waals surface area contributed by atoms with E-state index < -0.39 is 5.41 Å². The summed E-state index contributed by atoms with van der Waals surface area (Å²) in [5.74, 6) is -0.263. The van der Waals surface area contributed by atoms with Gasteiger partial charge in [0.15, 0.2) is 0 Å². The predicted octanol–water partition coefficient (Wildman–Crippen LogP) is 1.26. The number of amides is 1. The van der Waals surface area contributed by atoms with Crippen molar-refractivity contribution in [1.82, 2.24) is 9.96 Å². The molecule has 0 aliphatic carbocycles. The monoisotopic (exact) mass is 258 g/mol. The van der Waals surface area contributed by atoms with E-state index in [2.05, 4.69) is 4.74 Å². The van der Waals surface area contributed by atoms with Crippen molar-refractivity contribution in [2.75, 3.05) is 26.7 Å². The van der Waals surface area contributed by atoms with Gasteiger partial charge in [0.1, 0.15) is 0 Å². The number of ether oxygens (including phenoxy) is 1. The zero-order chi connectivity index (χ0) is 13.9. The fraction of sp³-hybridized carbons (Fsp3) is 0.833. The molecule has 0 saturated carbocycles. The highest BCUT2D eigenvalue weighted by molar-refractivity contribution is 5.75. The number of methoxy groups -OCH3 is 1. The van der Waals surface area contributed by atoms with E-state index in [0.717, 1.165) is 0 Å². The molecule has 0 bridgehead atoms. The molecule has 1 aliphatic heterocycles. The molecule has 1 aliphatic rings. The van der Waals surface area contributed by atoms with Gasteiger partial charge in [-0.15, -0.1) is 5.06 Å². The summed E-state index contributed by atoms with van der Waals surface area (Å²) in [7, 11) is 1.36. The van der Waals surface area contributed by atoms with Crippen molar-refractivity contribution in [2.24, 2.45) is 5.41 Å². The lowest BCUT2D eigenvalue weighted by atomic mass is 9.98. The molecule has 18 heavy (non-hydrogen) atoms. The lowest BCUT2D eigenvalue weighted by Crippen LogP contribution is -2.54. The van der Waals surface area contributed by atoms with Crippen LogP contribution >= 0.6 is 0 Å². The zero-order valence-corrected chi connectivity index (χ0v) is 11.7. The van der Waals surface area contributed by atoms with Crippen LogP contribution in [-0.2, 0) is 14.4 Å². The topological polar surface area (TPSA) is 59.1 Å². The molecule has 1 fully saturated rings. The second kappa shape index (κ2) is 5.56. The van der Waals surface area contributed by atoms with Crippen LogP contribution in [0.1, 0.15) is 27.7 Å². The molecular formula is C12H22N2O4. The molecule has 0 aromatic rings. The van der Waals surface area contributed by atoms with Gasteiger partial charge in [-0.1, -0.05) is 0 Å². The maximum absolute atomic E-state index is 11.8. The Labute approximate surface area is 108 Å². The van der Waals surface area contributed by atoms with E-state index in [0.29, 0.717) is 19.6 Å². The second-order valence-corrected chi connectivity index (χ2v) is 5.53. The Balaban J connectivity index is 2.53. The van der Waals surface area contributed by atoms with E-state index >= 15 is 0 Å². The minimum absolute atomic E-state index is 0.0378. The number of rotatable bonds is 1. The van der Waals surface area contributed by atoms with E-state index in [9.17, 15) is 9.59 Å². The normalized spacial score (nSPS) is 21.6. The Kier molecular flexibility index (Phi) is 4.56. The van der Waals surface area contributed by atoms with Gasteiger partial charge in [-0.2, -0.15) is 0 Å². The molecule has 1 rings (SSSR count). The summed E-state index contributed by atoms with van der Waals surface area (Å²) < 4.78 is 4.67. The number of hydrogen-bond donors (Lipinski definition) is 0. The van der Waals surface area contributed by atoms with Crippen LogP contribution in [0.15, 0.2) is 0 Å². The molecule has 1 amide bonds. The van der Waals surface area contributed by atoms with Gasteiger partial charge in [0, 0.05) is 13.1 Å². The highest BCUT2D eigenvalue weighted by Gasteiger charge is 2.32. The third kappa shape index (κ3) is 3.60. The number of carbonyl (C=O) groups excluding carboxylic acids is 2. The van der Waals surface area contributed by atoms with Crippen molar-refractivity contribution in [3.8, 4) is 0 Å².